The van der Waals surface area contributed by atoms with Gasteiger partial charge in [0.1, 0.15) is 0 Å². The molecule has 1 amide bonds. The van der Waals surface area contributed by atoms with Crippen LogP contribution >= 0.6 is 0 Å². The Kier molecular flexibility index (Phi) is 2.19. The van der Waals surface area contributed by atoms with E-state index in [2.05, 4.69) is 11.9 Å². The molecule has 3 heteroatoms. The van der Waals surface area contributed by atoms with E-state index in [9.17, 15) is 4.79 Å². The van der Waals surface area contributed by atoms with Crippen molar-refractivity contribution in [2.24, 2.45) is 11.3 Å². The molecule has 5 rings (SSSR count). The predicted molar refractivity (Wildman–Crippen MR) is 74.5 cm³/mol. The van der Waals surface area contributed by atoms with Crippen molar-refractivity contribution in [3.8, 4) is 0 Å². The normalized spacial score (nSPS) is 32.2. The number of carbonyl (C=O) groups is 1. The highest BCUT2D eigenvalue weighted by molar-refractivity contribution is 6.08. The topological polar surface area (TPSA) is 32.3 Å². The first kappa shape index (κ1) is 11.2. The number of nitrogens with zero attached hydrogens (tertiary/aromatic N) is 1. The van der Waals surface area contributed by atoms with Crippen molar-refractivity contribution in [1.29, 1.82) is 0 Å². The van der Waals surface area contributed by atoms with Gasteiger partial charge in [-0.2, -0.15) is 0 Å². The van der Waals surface area contributed by atoms with Crippen LogP contribution in [-0.4, -0.2) is 30.4 Å². The minimum absolute atomic E-state index is 0.129. The summed E-state index contributed by atoms with van der Waals surface area (Å²) in [6, 6.07) is 7.80. The van der Waals surface area contributed by atoms with Gasteiger partial charge in [0.05, 0.1) is 0 Å². The first-order chi connectivity index (χ1) is 9.19. The number of piperidine rings is 2. The number of fused-ring (bicyclic) bond motifs is 3. The molecule has 2 saturated heterocycles. The Morgan fingerprint density at radius 1 is 1.32 bits per heavy atom. The van der Waals surface area contributed by atoms with E-state index in [-0.39, 0.29) is 5.91 Å². The summed E-state index contributed by atoms with van der Waals surface area (Å²) in [6.45, 7) is 7.14. The fraction of sp³-hybridized carbons (Fsp3) is 0.438. The molecule has 1 N–H and O–H groups in total. The first-order valence-corrected chi connectivity index (χ1v) is 6.99. The van der Waals surface area contributed by atoms with E-state index in [0.29, 0.717) is 5.41 Å². The summed E-state index contributed by atoms with van der Waals surface area (Å²) in [4.78, 5) is 14.4. The molecule has 2 bridgehead atoms. The number of benzene rings is 1. The molecule has 1 aliphatic carbocycles. The number of rotatable bonds is 2. The lowest BCUT2D eigenvalue weighted by atomic mass is 9.59. The average molecular weight is 254 g/mol. The van der Waals surface area contributed by atoms with Crippen molar-refractivity contribution in [2.45, 2.75) is 12.8 Å². The Morgan fingerprint density at radius 2 is 2.05 bits per heavy atom. The maximum Gasteiger partial charge on any atom is 0.258 e. The second-order valence-electron chi connectivity index (χ2n) is 6.29. The Hall–Kier alpha value is -1.61. The molecular formula is C16H18N2O. The molecule has 0 spiro atoms. The van der Waals surface area contributed by atoms with Gasteiger partial charge in [-0.25, -0.2) is 0 Å². The molecular weight excluding hydrogens is 236 g/mol. The number of hydrogen-bond acceptors (Lipinski definition) is 2. The van der Waals surface area contributed by atoms with Gasteiger partial charge in [0, 0.05) is 35.3 Å². The number of carbonyl (C=O) groups excluding carboxylic acids is 1. The molecule has 98 valence electrons. The van der Waals surface area contributed by atoms with Crippen molar-refractivity contribution < 1.29 is 4.79 Å². The molecule has 0 radical (unpaired) electrons. The van der Waals surface area contributed by atoms with Gasteiger partial charge in [-0.3, -0.25) is 4.79 Å². The fourth-order valence-corrected chi connectivity index (χ4v) is 4.02. The van der Waals surface area contributed by atoms with Crippen LogP contribution in [0.3, 0.4) is 0 Å². The van der Waals surface area contributed by atoms with E-state index >= 15 is 0 Å². The molecule has 1 saturated carbocycles. The first-order valence-electron chi connectivity index (χ1n) is 6.99. The highest BCUT2D eigenvalue weighted by Gasteiger charge is 2.49. The van der Waals surface area contributed by atoms with Crippen LogP contribution in [0.1, 0.15) is 28.8 Å². The summed E-state index contributed by atoms with van der Waals surface area (Å²) in [5.41, 5.74) is 2.99. The molecule has 0 unspecified atom stereocenters. The van der Waals surface area contributed by atoms with Gasteiger partial charge in [-0.05, 0) is 31.4 Å². The lowest BCUT2D eigenvalue weighted by molar-refractivity contribution is -0.00278. The van der Waals surface area contributed by atoms with E-state index in [1.54, 1.807) is 0 Å². The molecule has 1 aromatic carbocycles. The van der Waals surface area contributed by atoms with Gasteiger partial charge in [0.25, 0.3) is 5.91 Å². The number of hydrogen-bond donors (Lipinski definition) is 1. The molecule has 1 aromatic rings. The quantitative estimate of drug-likeness (QED) is 0.876. The highest BCUT2D eigenvalue weighted by atomic mass is 16.2. The Labute approximate surface area is 113 Å². The van der Waals surface area contributed by atoms with E-state index < -0.39 is 0 Å². The van der Waals surface area contributed by atoms with Crippen LogP contribution < -0.4 is 5.32 Å². The Morgan fingerprint density at radius 3 is 2.68 bits per heavy atom. The van der Waals surface area contributed by atoms with E-state index in [4.69, 9.17) is 0 Å². The third-order valence-electron chi connectivity index (χ3n) is 4.91. The second kappa shape index (κ2) is 3.70. The number of amides is 1. The summed E-state index contributed by atoms with van der Waals surface area (Å²) in [5, 5.41) is 3.48. The molecule has 0 atom stereocenters. The van der Waals surface area contributed by atoms with Crippen LogP contribution in [0.4, 0.5) is 0 Å². The molecule has 3 fully saturated rings. The van der Waals surface area contributed by atoms with Gasteiger partial charge in [-0.1, -0.05) is 24.8 Å². The molecule has 19 heavy (non-hydrogen) atoms. The lowest BCUT2D eigenvalue weighted by Gasteiger charge is -2.54. The monoisotopic (exact) mass is 254 g/mol. The van der Waals surface area contributed by atoms with Crippen molar-refractivity contribution >= 4 is 11.6 Å². The third kappa shape index (κ3) is 1.51. The summed E-state index contributed by atoms with van der Waals surface area (Å²) in [5.74, 6) is 0.950. The fourth-order valence-electron chi connectivity index (χ4n) is 4.02. The third-order valence-corrected chi connectivity index (χ3v) is 4.91. The minimum Gasteiger partial charge on any atom is -0.316 e. The van der Waals surface area contributed by atoms with Crippen molar-refractivity contribution in [1.82, 2.24) is 10.2 Å². The van der Waals surface area contributed by atoms with E-state index in [1.165, 1.54) is 12.8 Å². The van der Waals surface area contributed by atoms with Crippen LogP contribution in [0, 0.1) is 11.3 Å². The van der Waals surface area contributed by atoms with Gasteiger partial charge in [0.15, 0.2) is 0 Å². The van der Waals surface area contributed by atoms with Crippen LogP contribution in [0.15, 0.2) is 30.8 Å². The molecule has 3 heterocycles. The van der Waals surface area contributed by atoms with Crippen LogP contribution in [0.25, 0.3) is 5.70 Å². The minimum atomic E-state index is 0.129. The van der Waals surface area contributed by atoms with Gasteiger partial charge < -0.3 is 10.2 Å². The van der Waals surface area contributed by atoms with Crippen LogP contribution in [-0.2, 0) is 0 Å². The van der Waals surface area contributed by atoms with Gasteiger partial charge >= 0.3 is 0 Å². The summed E-state index contributed by atoms with van der Waals surface area (Å²) in [7, 11) is 0. The number of nitrogens with one attached hydrogen (secondary N) is 1. The largest absolute Gasteiger partial charge is 0.316 e. The lowest BCUT2D eigenvalue weighted by Crippen LogP contribution is -2.59. The van der Waals surface area contributed by atoms with Crippen LogP contribution in [0.2, 0.25) is 0 Å². The smallest absolute Gasteiger partial charge is 0.258 e. The molecule has 0 aromatic heterocycles. The van der Waals surface area contributed by atoms with Gasteiger partial charge in [0.2, 0.25) is 0 Å². The Balaban J connectivity index is 1.61. The van der Waals surface area contributed by atoms with E-state index in [1.807, 2.05) is 29.2 Å². The van der Waals surface area contributed by atoms with Crippen molar-refractivity contribution in [2.75, 3.05) is 19.6 Å². The predicted octanol–water partition coefficient (Wildman–Crippen LogP) is 2.11. The second-order valence-corrected chi connectivity index (χ2v) is 6.29. The maximum absolute atomic E-state index is 12.5. The Bertz CT molecular complexity index is 531. The van der Waals surface area contributed by atoms with Crippen molar-refractivity contribution in [3.63, 3.8) is 0 Å². The standard InChI is InChI=1S/C16H18N2O/c1-11-13-4-2-3-5-14(13)15(19)18(11)10-16-6-12(7-16)8-17-9-16/h2-5,12,17H,1,6-10H2. The molecule has 3 aliphatic heterocycles. The highest BCUT2D eigenvalue weighted by Crippen LogP contribution is 2.49. The summed E-state index contributed by atoms with van der Waals surface area (Å²) >= 11 is 0. The SMILES string of the molecule is C=C1c2ccccc2C(=O)N1CC12CNCC(C1)C2. The van der Waals surface area contributed by atoms with Gasteiger partial charge in [-0.15, -0.1) is 0 Å². The zero-order valence-electron chi connectivity index (χ0n) is 11.0. The van der Waals surface area contributed by atoms with Crippen LogP contribution in [0.5, 0.6) is 0 Å². The average Bonchev–Trinajstić information content (AvgIpc) is 2.64. The van der Waals surface area contributed by atoms with Crippen molar-refractivity contribution in [3.05, 3.63) is 42.0 Å². The summed E-state index contributed by atoms with van der Waals surface area (Å²) in [6.07, 6.45) is 2.51. The summed E-state index contributed by atoms with van der Waals surface area (Å²) < 4.78 is 0. The maximum atomic E-state index is 12.5. The van der Waals surface area contributed by atoms with E-state index in [0.717, 1.165) is 42.4 Å². The zero-order chi connectivity index (χ0) is 13.0. The zero-order valence-corrected chi connectivity index (χ0v) is 11.0. The molecule has 4 aliphatic rings. The molecule has 3 nitrogen and oxygen atoms in total.